The van der Waals surface area contributed by atoms with Gasteiger partial charge in [0.1, 0.15) is 18.5 Å². The van der Waals surface area contributed by atoms with Gasteiger partial charge in [-0.2, -0.15) is 5.10 Å². The number of nitrogens with zero attached hydrogens (tertiary/aromatic N) is 3. The molecule has 2 bridgehead atoms. The molecule has 3 aliphatic rings. The molecule has 126 valence electrons. The van der Waals surface area contributed by atoms with Crippen molar-refractivity contribution in [3.63, 3.8) is 0 Å². The molecule has 0 aromatic carbocycles. The van der Waals surface area contributed by atoms with Crippen LogP contribution in [0.1, 0.15) is 40.0 Å². The van der Waals surface area contributed by atoms with Crippen molar-refractivity contribution in [3.8, 4) is 0 Å². The van der Waals surface area contributed by atoms with E-state index in [0.717, 1.165) is 6.42 Å². The van der Waals surface area contributed by atoms with Gasteiger partial charge in [0.05, 0.1) is 17.9 Å². The molecule has 7 nitrogen and oxygen atoms in total. The Morgan fingerprint density at radius 2 is 2.26 bits per heavy atom. The van der Waals surface area contributed by atoms with Gasteiger partial charge in [0.25, 0.3) is 0 Å². The molecular formula is C16H23N3O4. The number of carbonyl (C=O) groups excluding carboxylic acids is 1. The minimum atomic E-state index is -0.500. The smallest absolute Gasteiger partial charge is 0.307 e. The van der Waals surface area contributed by atoms with Crippen molar-refractivity contribution in [1.29, 1.82) is 0 Å². The number of aromatic nitrogens is 2. The number of aryl methyl sites for hydroxylation is 1. The summed E-state index contributed by atoms with van der Waals surface area (Å²) in [6.45, 7) is 7.10. The average molecular weight is 321 g/mol. The standard InChI is InChI=1S/C16H23N3O4/c1-10-13-6-11(16(13,2)3)7-14(10)23-15(20)4-5-18-9-12(8-17-18)19(21)22/h8-11,13-14H,4-7H2,1-3H3/t10-,11-,13-,14+/m1/s1. The largest absolute Gasteiger partial charge is 0.462 e. The monoisotopic (exact) mass is 321 g/mol. The lowest BCUT2D eigenvalue weighted by Gasteiger charge is -2.61. The minimum Gasteiger partial charge on any atom is -0.462 e. The Kier molecular flexibility index (Phi) is 3.90. The lowest BCUT2D eigenvalue weighted by Crippen LogP contribution is -2.57. The fourth-order valence-corrected chi connectivity index (χ4v) is 4.26. The zero-order chi connectivity index (χ0) is 16.8. The molecule has 1 aromatic heterocycles. The molecule has 4 rings (SSSR count). The van der Waals surface area contributed by atoms with Crippen molar-refractivity contribution in [2.75, 3.05) is 0 Å². The second kappa shape index (κ2) is 5.62. The molecule has 0 aliphatic heterocycles. The Morgan fingerprint density at radius 3 is 2.83 bits per heavy atom. The van der Waals surface area contributed by atoms with Gasteiger partial charge in [-0.3, -0.25) is 19.6 Å². The van der Waals surface area contributed by atoms with E-state index < -0.39 is 4.92 Å². The second-order valence-corrected chi connectivity index (χ2v) is 7.45. The summed E-state index contributed by atoms with van der Waals surface area (Å²) in [5.41, 5.74) is 0.303. The number of ether oxygens (including phenoxy) is 1. The van der Waals surface area contributed by atoms with Gasteiger partial charge >= 0.3 is 11.7 Å². The molecule has 3 fully saturated rings. The van der Waals surface area contributed by atoms with Gasteiger partial charge in [-0.1, -0.05) is 20.8 Å². The Bertz CT molecular complexity index is 625. The highest BCUT2D eigenvalue weighted by Crippen LogP contribution is 2.61. The van der Waals surface area contributed by atoms with E-state index in [4.69, 9.17) is 4.74 Å². The summed E-state index contributed by atoms with van der Waals surface area (Å²) in [7, 11) is 0. The zero-order valence-corrected chi connectivity index (χ0v) is 13.8. The number of rotatable bonds is 5. The molecule has 0 N–H and O–H groups in total. The first-order valence-electron chi connectivity index (χ1n) is 8.15. The number of carbonyl (C=O) groups is 1. The number of nitro groups is 1. The molecule has 3 aliphatic carbocycles. The minimum absolute atomic E-state index is 0.00577. The Balaban J connectivity index is 1.49. The van der Waals surface area contributed by atoms with Crippen molar-refractivity contribution < 1.29 is 14.5 Å². The first-order chi connectivity index (χ1) is 10.8. The van der Waals surface area contributed by atoms with Crippen LogP contribution in [0.5, 0.6) is 0 Å². The molecule has 3 saturated carbocycles. The van der Waals surface area contributed by atoms with Gasteiger partial charge in [-0.25, -0.2) is 0 Å². The highest BCUT2D eigenvalue weighted by molar-refractivity contribution is 5.69. The van der Waals surface area contributed by atoms with Crippen LogP contribution in [-0.4, -0.2) is 26.8 Å². The van der Waals surface area contributed by atoms with Crippen LogP contribution >= 0.6 is 0 Å². The van der Waals surface area contributed by atoms with Crippen LogP contribution in [-0.2, 0) is 16.1 Å². The summed E-state index contributed by atoms with van der Waals surface area (Å²) in [5, 5.41) is 14.5. The number of esters is 1. The van der Waals surface area contributed by atoms with Gasteiger partial charge in [0, 0.05) is 0 Å². The number of fused-ring (bicyclic) bond motifs is 2. The van der Waals surface area contributed by atoms with E-state index in [0.29, 0.717) is 29.7 Å². The fourth-order valence-electron chi connectivity index (χ4n) is 4.26. The highest BCUT2D eigenvalue weighted by Gasteiger charge is 2.57. The second-order valence-electron chi connectivity index (χ2n) is 7.45. The Morgan fingerprint density at radius 1 is 1.52 bits per heavy atom. The molecular weight excluding hydrogens is 298 g/mol. The molecule has 1 heterocycles. The Labute approximate surface area is 135 Å². The normalized spacial score (nSPS) is 31.3. The maximum absolute atomic E-state index is 12.1. The summed E-state index contributed by atoms with van der Waals surface area (Å²) in [4.78, 5) is 22.2. The maximum Gasteiger partial charge on any atom is 0.307 e. The number of hydrogen-bond donors (Lipinski definition) is 0. The number of hydrogen-bond acceptors (Lipinski definition) is 5. The van der Waals surface area contributed by atoms with E-state index in [-0.39, 0.29) is 24.2 Å². The van der Waals surface area contributed by atoms with Crippen molar-refractivity contribution in [3.05, 3.63) is 22.5 Å². The van der Waals surface area contributed by atoms with Crippen molar-refractivity contribution in [2.24, 2.45) is 23.2 Å². The van der Waals surface area contributed by atoms with Crippen LogP contribution in [0.15, 0.2) is 12.4 Å². The van der Waals surface area contributed by atoms with Crippen LogP contribution in [0, 0.1) is 33.3 Å². The molecule has 0 spiro atoms. The average Bonchev–Trinajstić information content (AvgIpc) is 2.96. The third-order valence-electron chi connectivity index (χ3n) is 5.94. The molecule has 0 radical (unpaired) electrons. The Hall–Kier alpha value is -1.92. The van der Waals surface area contributed by atoms with E-state index >= 15 is 0 Å². The van der Waals surface area contributed by atoms with Gasteiger partial charge in [-0.15, -0.1) is 0 Å². The van der Waals surface area contributed by atoms with Crippen LogP contribution < -0.4 is 0 Å². The van der Waals surface area contributed by atoms with Crippen LogP contribution in [0.3, 0.4) is 0 Å². The summed E-state index contributed by atoms with van der Waals surface area (Å²) in [6, 6.07) is 0. The maximum atomic E-state index is 12.1. The van der Waals surface area contributed by atoms with E-state index in [9.17, 15) is 14.9 Å². The van der Waals surface area contributed by atoms with Crippen LogP contribution in [0.2, 0.25) is 0 Å². The molecule has 0 saturated heterocycles. The topological polar surface area (TPSA) is 87.3 Å². The van der Waals surface area contributed by atoms with Crippen LogP contribution in [0.25, 0.3) is 0 Å². The summed E-state index contributed by atoms with van der Waals surface area (Å²) in [6.07, 6.45) is 4.90. The third-order valence-corrected chi connectivity index (χ3v) is 5.94. The predicted molar refractivity (Wildman–Crippen MR) is 82.5 cm³/mol. The SMILES string of the molecule is C[C@H]1[C@@H](OC(=O)CCn2cc([N+](=O)[O-])cn2)C[C@H]2C[C@H]1C2(C)C. The van der Waals surface area contributed by atoms with Crippen molar-refractivity contribution >= 4 is 11.7 Å². The van der Waals surface area contributed by atoms with Gasteiger partial charge < -0.3 is 4.74 Å². The third kappa shape index (κ3) is 2.84. The summed E-state index contributed by atoms with van der Waals surface area (Å²) in [5.74, 6) is 1.42. The van der Waals surface area contributed by atoms with E-state index in [1.807, 2.05) is 0 Å². The van der Waals surface area contributed by atoms with Gasteiger partial charge in [0.15, 0.2) is 0 Å². The predicted octanol–water partition coefficient (Wildman–Crippen LogP) is 2.80. The first kappa shape index (κ1) is 16.0. The highest BCUT2D eigenvalue weighted by atomic mass is 16.6. The molecule has 4 atom stereocenters. The zero-order valence-electron chi connectivity index (χ0n) is 13.8. The van der Waals surface area contributed by atoms with E-state index in [1.165, 1.54) is 23.5 Å². The van der Waals surface area contributed by atoms with E-state index in [2.05, 4.69) is 25.9 Å². The van der Waals surface area contributed by atoms with Crippen molar-refractivity contribution in [1.82, 2.24) is 9.78 Å². The van der Waals surface area contributed by atoms with Gasteiger partial charge in [-0.05, 0) is 36.0 Å². The lowest BCUT2D eigenvalue weighted by molar-refractivity contribution is -0.385. The summed E-state index contributed by atoms with van der Waals surface area (Å²) < 4.78 is 7.07. The molecule has 0 amide bonds. The summed E-state index contributed by atoms with van der Waals surface area (Å²) >= 11 is 0. The molecule has 7 heteroatoms. The molecule has 1 aromatic rings. The molecule has 23 heavy (non-hydrogen) atoms. The quantitative estimate of drug-likeness (QED) is 0.473. The van der Waals surface area contributed by atoms with Gasteiger partial charge in [0.2, 0.25) is 0 Å². The fraction of sp³-hybridized carbons (Fsp3) is 0.750. The van der Waals surface area contributed by atoms with Crippen molar-refractivity contribution in [2.45, 2.75) is 52.7 Å². The first-order valence-corrected chi connectivity index (χ1v) is 8.15. The molecule has 0 unspecified atom stereocenters. The van der Waals surface area contributed by atoms with E-state index in [1.54, 1.807) is 0 Å². The van der Waals surface area contributed by atoms with Crippen LogP contribution in [0.4, 0.5) is 5.69 Å². The lowest BCUT2D eigenvalue weighted by atomic mass is 9.45.